The van der Waals surface area contributed by atoms with E-state index in [9.17, 15) is 0 Å². The molecule has 27 heavy (non-hydrogen) atoms. The monoisotopic (exact) mass is 392 g/mol. The van der Waals surface area contributed by atoms with Crippen LogP contribution >= 0.6 is 22.7 Å². The highest BCUT2D eigenvalue weighted by molar-refractivity contribution is 7.25. The van der Waals surface area contributed by atoms with Crippen molar-refractivity contribution in [2.45, 2.75) is 32.6 Å². The summed E-state index contributed by atoms with van der Waals surface area (Å²) in [5.74, 6) is 0.967. The first kappa shape index (κ1) is 18.3. The molecule has 1 nitrogen and oxygen atoms in total. The zero-order chi connectivity index (χ0) is 18.5. The fraction of sp³-hybridized carbons (Fsp3) is 0.250. The maximum absolute atomic E-state index is 5.90. The maximum atomic E-state index is 5.90. The van der Waals surface area contributed by atoms with E-state index in [1.807, 2.05) is 11.3 Å². The molecule has 0 atom stereocenters. The lowest BCUT2D eigenvalue weighted by molar-refractivity contribution is 0.305. The van der Waals surface area contributed by atoms with Gasteiger partial charge in [0.05, 0.1) is 11.5 Å². The molecule has 0 aliphatic rings. The van der Waals surface area contributed by atoms with Crippen LogP contribution in [0.3, 0.4) is 0 Å². The van der Waals surface area contributed by atoms with Gasteiger partial charge in [0.15, 0.2) is 0 Å². The third kappa shape index (κ3) is 4.10. The van der Waals surface area contributed by atoms with Crippen LogP contribution in [0, 0.1) is 0 Å². The summed E-state index contributed by atoms with van der Waals surface area (Å²) < 4.78 is 5.90. The molecule has 0 fully saturated rings. The van der Waals surface area contributed by atoms with Gasteiger partial charge in [0.2, 0.25) is 0 Å². The zero-order valence-corrected chi connectivity index (χ0v) is 17.2. The standard InChI is InChI=1S/C24H24OS2/c1-2-3-4-7-16-25-19-14-12-18(13-15-19)23-20-9-5-6-10-21(20)24(27-23)22-11-8-17-26-22/h5-6,8-15,17H,2-4,7,16H2,1H3. The Bertz CT molecular complexity index is 981. The topological polar surface area (TPSA) is 9.23 Å². The number of benzene rings is 2. The number of thiophene rings is 2. The predicted octanol–water partition coefficient (Wildman–Crippen LogP) is 8.26. The largest absolute Gasteiger partial charge is 0.494 e. The lowest BCUT2D eigenvalue weighted by atomic mass is 10.1. The molecule has 0 radical (unpaired) electrons. The van der Waals surface area contributed by atoms with E-state index in [2.05, 4.69) is 73.0 Å². The van der Waals surface area contributed by atoms with Crippen LogP contribution in [0.15, 0.2) is 66.0 Å². The molecule has 0 aliphatic carbocycles. The van der Waals surface area contributed by atoms with Gasteiger partial charge in [-0.1, -0.05) is 56.5 Å². The molecule has 0 N–H and O–H groups in total. The molecule has 0 saturated carbocycles. The number of unbranched alkanes of at least 4 members (excludes halogenated alkanes) is 3. The van der Waals surface area contributed by atoms with Crippen LogP contribution in [0.2, 0.25) is 0 Å². The van der Waals surface area contributed by atoms with Crippen molar-refractivity contribution in [2.24, 2.45) is 0 Å². The highest BCUT2D eigenvalue weighted by Gasteiger charge is 2.14. The molecular formula is C24H24OS2. The second kappa shape index (κ2) is 8.73. The summed E-state index contributed by atoms with van der Waals surface area (Å²) in [6.45, 7) is 3.04. The molecule has 0 aliphatic heterocycles. The number of hydrogen-bond acceptors (Lipinski definition) is 3. The van der Waals surface area contributed by atoms with Gasteiger partial charge in [-0.25, -0.2) is 0 Å². The normalized spacial score (nSPS) is 11.1. The Morgan fingerprint density at radius 2 is 1.56 bits per heavy atom. The van der Waals surface area contributed by atoms with Crippen molar-refractivity contribution >= 4 is 33.4 Å². The minimum absolute atomic E-state index is 0.809. The second-order valence-corrected chi connectivity index (χ2v) is 8.69. The van der Waals surface area contributed by atoms with Crippen LogP contribution in [0.4, 0.5) is 0 Å². The third-order valence-corrected chi connectivity index (χ3v) is 7.07. The van der Waals surface area contributed by atoms with Crippen molar-refractivity contribution in [3.8, 4) is 25.9 Å². The summed E-state index contributed by atoms with van der Waals surface area (Å²) in [4.78, 5) is 4.05. The van der Waals surface area contributed by atoms with E-state index in [1.54, 1.807) is 11.3 Å². The Labute approximate surface area is 169 Å². The predicted molar refractivity (Wildman–Crippen MR) is 120 cm³/mol. The average molecular weight is 393 g/mol. The molecular weight excluding hydrogens is 368 g/mol. The molecule has 2 aromatic heterocycles. The molecule has 138 valence electrons. The van der Waals surface area contributed by atoms with E-state index in [0.717, 1.165) is 18.8 Å². The highest BCUT2D eigenvalue weighted by atomic mass is 32.1. The minimum Gasteiger partial charge on any atom is -0.494 e. The Morgan fingerprint density at radius 1 is 0.778 bits per heavy atom. The van der Waals surface area contributed by atoms with Crippen molar-refractivity contribution < 1.29 is 4.74 Å². The summed E-state index contributed by atoms with van der Waals surface area (Å²) in [6.07, 6.45) is 4.94. The van der Waals surface area contributed by atoms with Gasteiger partial charge in [0.25, 0.3) is 0 Å². The van der Waals surface area contributed by atoms with Crippen molar-refractivity contribution in [1.29, 1.82) is 0 Å². The van der Waals surface area contributed by atoms with Crippen LogP contribution in [-0.4, -0.2) is 6.61 Å². The quantitative estimate of drug-likeness (QED) is 0.274. The van der Waals surface area contributed by atoms with E-state index >= 15 is 0 Å². The fourth-order valence-corrected chi connectivity index (χ4v) is 5.47. The van der Waals surface area contributed by atoms with E-state index in [-0.39, 0.29) is 0 Å². The third-order valence-electron chi connectivity index (χ3n) is 4.75. The lowest BCUT2D eigenvalue weighted by Gasteiger charge is -2.07. The molecule has 4 aromatic rings. The smallest absolute Gasteiger partial charge is 0.119 e. The summed E-state index contributed by atoms with van der Waals surface area (Å²) in [5, 5.41) is 4.83. The fourth-order valence-electron chi connectivity index (χ4n) is 3.32. The van der Waals surface area contributed by atoms with Crippen LogP contribution in [-0.2, 0) is 0 Å². The minimum atomic E-state index is 0.809. The Morgan fingerprint density at radius 3 is 2.26 bits per heavy atom. The second-order valence-electron chi connectivity index (χ2n) is 6.72. The summed E-state index contributed by atoms with van der Waals surface area (Å²) in [7, 11) is 0. The van der Waals surface area contributed by atoms with Gasteiger partial charge in [-0.05, 0) is 47.7 Å². The molecule has 0 saturated heterocycles. The molecule has 2 aromatic carbocycles. The number of fused-ring (bicyclic) bond motifs is 1. The van der Waals surface area contributed by atoms with Gasteiger partial charge in [-0.3, -0.25) is 0 Å². The maximum Gasteiger partial charge on any atom is 0.119 e. The Balaban J connectivity index is 1.58. The van der Waals surface area contributed by atoms with Crippen molar-refractivity contribution in [3.63, 3.8) is 0 Å². The van der Waals surface area contributed by atoms with Gasteiger partial charge in [0, 0.05) is 20.5 Å². The number of rotatable bonds is 8. The van der Waals surface area contributed by atoms with Gasteiger partial charge >= 0.3 is 0 Å². The first-order chi connectivity index (χ1) is 13.4. The first-order valence-corrected chi connectivity index (χ1v) is 11.3. The van der Waals surface area contributed by atoms with Gasteiger partial charge < -0.3 is 4.74 Å². The summed E-state index contributed by atoms with van der Waals surface area (Å²) in [5.41, 5.74) is 1.26. The van der Waals surface area contributed by atoms with Gasteiger partial charge in [-0.15, -0.1) is 22.7 Å². The SMILES string of the molecule is CCCCCCOc1ccc(-c2sc(-c3cccs3)c3ccccc23)cc1. The number of ether oxygens (including phenoxy) is 1. The summed E-state index contributed by atoms with van der Waals surface area (Å²) in [6, 6.07) is 21.7. The van der Waals surface area contributed by atoms with E-state index < -0.39 is 0 Å². The first-order valence-electron chi connectivity index (χ1n) is 9.65. The Hall–Kier alpha value is -2.10. The van der Waals surface area contributed by atoms with Crippen molar-refractivity contribution in [1.82, 2.24) is 0 Å². The molecule has 0 spiro atoms. The highest BCUT2D eigenvalue weighted by Crippen LogP contribution is 2.45. The average Bonchev–Trinajstić information content (AvgIpc) is 3.36. The lowest BCUT2D eigenvalue weighted by Crippen LogP contribution is -1.96. The van der Waals surface area contributed by atoms with E-state index in [4.69, 9.17) is 4.74 Å². The van der Waals surface area contributed by atoms with Crippen LogP contribution in [0.1, 0.15) is 32.6 Å². The van der Waals surface area contributed by atoms with Gasteiger partial charge in [0.1, 0.15) is 5.75 Å². The molecule has 0 amide bonds. The molecule has 4 rings (SSSR count). The number of hydrogen-bond donors (Lipinski definition) is 0. The van der Waals surface area contributed by atoms with Crippen molar-refractivity contribution in [3.05, 3.63) is 66.0 Å². The van der Waals surface area contributed by atoms with E-state index in [0.29, 0.717) is 0 Å². The zero-order valence-electron chi connectivity index (χ0n) is 15.6. The van der Waals surface area contributed by atoms with Crippen LogP contribution in [0.25, 0.3) is 31.0 Å². The molecule has 0 bridgehead atoms. The molecule has 3 heteroatoms. The Kier molecular flexibility index (Phi) is 5.90. The van der Waals surface area contributed by atoms with Crippen molar-refractivity contribution in [2.75, 3.05) is 6.61 Å². The van der Waals surface area contributed by atoms with E-state index in [1.165, 1.54) is 50.2 Å². The van der Waals surface area contributed by atoms with Crippen LogP contribution in [0.5, 0.6) is 5.75 Å². The van der Waals surface area contributed by atoms with Gasteiger partial charge in [-0.2, -0.15) is 0 Å². The summed E-state index contributed by atoms with van der Waals surface area (Å²) >= 11 is 3.69. The molecule has 2 heterocycles. The molecule has 0 unspecified atom stereocenters. The van der Waals surface area contributed by atoms with Crippen LogP contribution < -0.4 is 4.74 Å².